The number of rotatable bonds is 2. The molecular weight excluding hydrogens is 331 g/mol. The van der Waals surface area contributed by atoms with E-state index in [0.717, 1.165) is 11.6 Å². The maximum Gasteiger partial charge on any atom is 0.418 e. The van der Waals surface area contributed by atoms with Crippen molar-refractivity contribution in [3.05, 3.63) is 63.6 Å². The molecular formula is C15H11BrF3N. The minimum atomic E-state index is -4.45. The zero-order valence-corrected chi connectivity index (χ0v) is 11.9. The van der Waals surface area contributed by atoms with Gasteiger partial charge >= 0.3 is 6.18 Å². The Labute approximate surface area is 123 Å². The number of nitrogens with two attached hydrogens (primary N) is 1. The van der Waals surface area contributed by atoms with Crippen molar-refractivity contribution in [3.8, 4) is 0 Å². The molecule has 2 rings (SSSR count). The first-order valence-corrected chi connectivity index (χ1v) is 6.56. The van der Waals surface area contributed by atoms with Crippen LogP contribution in [0.1, 0.15) is 16.7 Å². The van der Waals surface area contributed by atoms with E-state index in [4.69, 9.17) is 5.73 Å². The zero-order valence-electron chi connectivity index (χ0n) is 10.3. The molecule has 20 heavy (non-hydrogen) atoms. The van der Waals surface area contributed by atoms with Crippen molar-refractivity contribution < 1.29 is 13.2 Å². The third kappa shape index (κ3) is 3.42. The Balaban J connectivity index is 2.35. The molecule has 0 atom stereocenters. The van der Waals surface area contributed by atoms with Crippen molar-refractivity contribution in [2.24, 2.45) is 0 Å². The molecule has 0 fully saturated rings. The van der Waals surface area contributed by atoms with Gasteiger partial charge in [-0.1, -0.05) is 58.4 Å². The van der Waals surface area contributed by atoms with Crippen LogP contribution in [0.3, 0.4) is 0 Å². The normalized spacial score (nSPS) is 12.0. The lowest BCUT2D eigenvalue weighted by atomic mass is 10.1. The summed E-state index contributed by atoms with van der Waals surface area (Å²) >= 11 is 3.14. The summed E-state index contributed by atoms with van der Waals surface area (Å²) in [5, 5.41) is 0. The molecule has 0 amide bonds. The van der Waals surface area contributed by atoms with Crippen LogP contribution in [0.2, 0.25) is 0 Å². The molecule has 0 saturated carbocycles. The van der Waals surface area contributed by atoms with Gasteiger partial charge < -0.3 is 5.73 Å². The van der Waals surface area contributed by atoms with Gasteiger partial charge in [-0.2, -0.15) is 13.2 Å². The van der Waals surface area contributed by atoms with E-state index in [2.05, 4.69) is 15.9 Å². The Morgan fingerprint density at radius 2 is 1.65 bits per heavy atom. The van der Waals surface area contributed by atoms with Gasteiger partial charge in [0.15, 0.2) is 0 Å². The van der Waals surface area contributed by atoms with Gasteiger partial charge in [0.05, 0.1) is 5.56 Å². The smallest absolute Gasteiger partial charge is 0.398 e. The van der Waals surface area contributed by atoms with Gasteiger partial charge in [-0.25, -0.2) is 0 Å². The molecule has 5 heteroatoms. The Hall–Kier alpha value is -1.75. The maximum atomic E-state index is 12.7. The standard InChI is InChI=1S/C15H11BrF3N/c16-13-9-12(15(17,18)19)14(20)8-11(13)7-6-10-4-2-1-3-5-10/h1-9H,20H2/b7-6+. The fraction of sp³-hybridized carbons (Fsp3) is 0.0667. The van der Waals surface area contributed by atoms with Gasteiger partial charge in [0.1, 0.15) is 0 Å². The molecule has 104 valence electrons. The second kappa shape index (κ2) is 5.71. The topological polar surface area (TPSA) is 26.0 Å². The highest BCUT2D eigenvalue weighted by Crippen LogP contribution is 2.37. The largest absolute Gasteiger partial charge is 0.418 e. The Morgan fingerprint density at radius 3 is 2.25 bits per heavy atom. The lowest BCUT2D eigenvalue weighted by Crippen LogP contribution is -2.09. The van der Waals surface area contributed by atoms with Crippen molar-refractivity contribution in [3.63, 3.8) is 0 Å². The lowest BCUT2D eigenvalue weighted by molar-refractivity contribution is -0.136. The first-order chi connectivity index (χ1) is 9.38. The second-order valence-electron chi connectivity index (χ2n) is 4.20. The third-order valence-electron chi connectivity index (χ3n) is 2.73. The van der Waals surface area contributed by atoms with Crippen molar-refractivity contribution in [1.82, 2.24) is 0 Å². The van der Waals surface area contributed by atoms with Crippen LogP contribution in [0.4, 0.5) is 18.9 Å². The minimum Gasteiger partial charge on any atom is -0.398 e. The van der Waals surface area contributed by atoms with Crippen LogP contribution in [0.5, 0.6) is 0 Å². The number of anilines is 1. The Bertz CT molecular complexity index is 634. The summed E-state index contributed by atoms with van der Waals surface area (Å²) in [5.41, 5.74) is 5.91. The molecule has 0 bridgehead atoms. The van der Waals surface area contributed by atoms with Crippen LogP contribution in [0.15, 0.2) is 46.9 Å². The zero-order chi connectivity index (χ0) is 14.8. The van der Waals surface area contributed by atoms with Gasteiger partial charge in [-0.15, -0.1) is 0 Å². The molecule has 0 heterocycles. The highest BCUT2D eigenvalue weighted by atomic mass is 79.9. The molecule has 0 aliphatic heterocycles. The van der Waals surface area contributed by atoms with Gasteiger partial charge in [-0.05, 0) is 23.3 Å². The van der Waals surface area contributed by atoms with E-state index in [1.54, 1.807) is 6.08 Å². The third-order valence-corrected chi connectivity index (χ3v) is 3.42. The van der Waals surface area contributed by atoms with E-state index in [-0.39, 0.29) is 5.69 Å². The highest BCUT2D eigenvalue weighted by molar-refractivity contribution is 9.10. The molecule has 0 unspecified atom stereocenters. The maximum absolute atomic E-state index is 12.7. The second-order valence-corrected chi connectivity index (χ2v) is 5.06. The van der Waals surface area contributed by atoms with Crippen molar-refractivity contribution in [2.75, 3.05) is 5.73 Å². The van der Waals surface area contributed by atoms with Gasteiger partial charge in [-0.3, -0.25) is 0 Å². The van der Waals surface area contributed by atoms with Crippen LogP contribution < -0.4 is 5.73 Å². The van der Waals surface area contributed by atoms with Crippen LogP contribution in [0, 0.1) is 0 Å². The summed E-state index contributed by atoms with van der Waals surface area (Å²) in [5.74, 6) is 0. The quantitative estimate of drug-likeness (QED) is 0.588. The fourth-order valence-electron chi connectivity index (χ4n) is 1.73. The average molecular weight is 342 g/mol. The van der Waals surface area contributed by atoms with Crippen molar-refractivity contribution in [1.29, 1.82) is 0 Å². The van der Waals surface area contributed by atoms with Crippen LogP contribution >= 0.6 is 15.9 Å². The Morgan fingerprint density at radius 1 is 1.00 bits per heavy atom. The van der Waals surface area contributed by atoms with Crippen LogP contribution in [-0.4, -0.2) is 0 Å². The van der Waals surface area contributed by atoms with E-state index in [1.165, 1.54) is 6.07 Å². The predicted molar refractivity (Wildman–Crippen MR) is 78.9 cm³/mol. The molecule has 2 aromatic rings. The van der Waals surface area contributed by atoms with Crippen LogP contribution in [0.25, 0.3) is 12.2 Å². The number of benzene rings is 2. The molecule has 0 radical (unpaired) electrons. The molecule has 2 N–H and O–H groups in total. The summed E-state index contributed by atoms with van der Waals surface area (Å²) in [4.78, 5) is 0. The van der Waals surface area contributed by atoms with Crippen molar-refractivity contribution in [2.45, 2.75) is 6.18 Å². The molecule has 2 aromatic carbocycles. The molecule has 0 aliphatic carbocycles. The highest BCUT2D eigenvalue weighted by Gasteiger charge is 2.33. The molecule has 0 saturated heterocycles. The summed E-state index contributed by atoms with van der Waals surface area (Å²) in [7, 11) is 0. The molecule has 0 aromatic heterocycles. The van der Waals surface area contributed by atoms with Gasteiger partial charge in [0, 0.05) is 10.2 Å². The predicted octanol–water partition coefficient (Wildman–Crippen LogP) is 5.22. The van der Waals surface area contributed by atoms with Gasteiger partial charge in [0.25, 0.3) is 0 Å². The first-order valence-electron chi connectivity index (χ1n) is 5.77. The monoisotopic (exact) mass is 341 g/mol. The summed E-state index contributed by atoms with van der Waals surface area (Å²) in [6.07, 6.45) is -0.920. The summed E-state index contributed by atoms with van der Waals surface area (Å²) < 4.78 is 38.4. The number of hydrogen-bond donors (Lipinski definition) is 1. The van der Waals surface area contributed by atoms with Crippen molar-refractivity contribution >= 4 is 33.8 Å². The number of nitrogen functional groups attached to an aromatic ring is 1. The average Bonchev–Trinajstić information content (AvgIpc) is 2.39. The molecule has 0 aliphatic rings. The van der Waals surface area contributed by atoms with Crippen LogP contribution in [-0.2, 0) is 6.18 Å². The Kier molecular flexibility index (Phi) is 4.18. The summed E-state index contributed by atoms with van der Waals surface area (Å²) in [6, 6.07) is 11.8. The minimum absolute atomic E-state index is 0.284. The van der Waals surface area contributed by atoms with E-state index in [0.29, 0.717) is 10.0 Å². The first kappa shape index (κ1) is 14.7. The van der Waals surface area contributed by atoms with E-state index in [9.17, 15) is 13.2 Å². The molecule has 1 nitrogen and oxygen atoms in total. The van der Waals surface area contributed by atoms with E-state index in [1.807, 2.05) is 36.4 Å². The summed E-state index contributed by atoms with van der Waals surface area (Å²) in [6.45, 7) is 0. The SMILES string of the molecule is Nc1cc(/C=C/c2ccccc2)c(Br)cc1C(F)(F)F. The van der Waals surface area contributed by atoms with Gasteiger partial charge in [0.2, 0.25) is 0 Å². The number of alkyl halides is 3. The number of halogens is 4. The van der Waals surface area contributed by atoms with E-state index >= 15 is 0 Å². The number of hydrogen-bond acceptors (Lipinski definition) is 1. The molecule has 0 spiro atoms. The lowest BCUT2D eigenvalue weighted by Gasteiger charge is -2.11. The van der Waals surface area contributed by atoms with E-state index < -0.39 is 11.7 Å². The fourth-order valence-corrected chi connectivity index (χ4v) is 2.21.